The predicted octanol–water partition coefficient (Wildman–Crippen LogP) is -0.733. The Morgan fingerprint density at radius 2 is 2.00 bits per heavy atom. The number of carbonyl (C=O) groups is 4. The second-order valence-electron chi connectivity index (χ2n) is 6.49. The third-order valence-corrected chi connectivity index (χ3v) is 4.84. The lowest BCUT2D eigenvalue weighted by Crippen LogP contribution is -2.77. The van der Waals surface area contributed by atoms with Gasteiger partial charge >= 0.3 is 0 Å². The molecule has 2 fully saturated rings. The van der Waals surface area contributed by atoms with E-state index in [4.69, 9.17) is 0 Å². The fraction of sp³-hybridized carbons (Fsp3) is 0.733. The molecule has 122 valence electrons. The van der Waals surface area contributed by atoms with Crippen LogP contribution in [0.1, 0.15) is 34.1 Å². The first-order valence-electron chi connectivity index (χ1n) is 7.43. The molecular formula is C15H22N2O5. The second kappa shape index (κ2) is 5.46. The van der Waals surface area contributed by atoms with Gasteiger partial charge in [-0.3, -0.25) is 14.4 Å². The van der Waals surface area contributed by atoms with E-state index in [1.165, 1.54) is 25.7 Å². The fourth-order valence-electron chi connectivity index (χ4n) is 3.63. The van der Waals surface area contributed by atoms with Gasteiger partial charge in [-0.15, -0.1) is 0 Å². The number of hydrogen-bond donors (Lipinski definition) is 2. The van der Waals surface area contributed by atoms with Gasteiger partial charge in [0.15, 0.2) is 5.78 Å². The Balaban J connectivity index is 2.19. The van der Waals surface area contributed by atoms with Crippen molar-refractivity contribution in [3.63, 3.8) is 0 Å². The van der Waals surface area contributed by atoms with Crippen molar-refractivity contribution in [3.8, 4) is 0 Å². The molecule has 0 radical (unpaired) electrons. The molecule has 7 nitrogen and oxygen atoms in total. The third-order valence-electron chi connectivity index (χ3n) is 4.84. The van der Waals surface area contributed by atoms with E-state index in [2.05, 4.69) is 5.32 Å². The minimum atomic E-state index is -1.04. The number of amides is 2. The second-order valence-corrected chi connectivity index (χ2v) is 6.49. The van der Waals surface area contributed by atoms with Crippen molar-refractivity contribution in [2.45, 2.75) is 51.8 Å². The van der Waals surface area contributed by atoms with E-state index < -0.39 is 23.6 Å². The van der Waals surface area contributed by atoms with Crippen LogP contribution in [0.4, 0.5) is 0 Å². The number of aliphatic hydroxyl groups is 1. The number of hydrogen-bond acceptors (Lipinski definition) is 5. The Kier molecular flexibility index (Phi) is 4.12. The van der Waals surface area contributed by atoms with Crippen LogP contribution in [0.2, 0.25) is 0 Å². The van der Waals surface area contributed by atoms with E-state index in [0.29, 0.717) is 0 Å². The summed E-state index contributed by atoms with van der Waals surface area (Å²) in [5.41, 5.74) is -1.04. The van der Waals surface area contributed by atoms with Crippen LogP contribution in [-0.2, 0) is 19.2 Å². The smallest absolute Gasteiger partial charge is 0.251 e. The highest BCUT2D eigenvalue weighted by atomic mass is 16.3. The average molecular weight is 310 g/mol. The molecule has 0 aromatic heterocycles. The molecular weight excluding hydrogens is 288 g/mol. The maximum absolute atomic E-state index is 12.6. The summed E-state index contributed by atoms with van der Waals surface area (Å²) in [4.78, 5) is 48.9. The van der Waals surface area contributed by atoms with Crippen LogP contribution in [0.25, 0.3) is 0 Å². The number of nitrogens with one attached hydrogen (secondary N) is 1. The standard InChI is InChI=1S/C15H22N2O5/c1-7(18)5-11-8(2)15(16-13(11)21)6-17(14(15)22)12(9(3)19)10(4)20/h8-9,11-12,19H,5-6H2,1-4H3,(H,16,21)/t8?,9-,11?,12+,15?/m1/s1. The molecule has 2 heterocycles. The molecule has 0 bridgehead atoms. The fourth-order valence-corrected chi connectivity index (χ4v) is 3.63. The zero-order chi connectivity index (χ0) is 16.8. The van der Waals surface area contributed by atoms with Gasteiger partial charge in [0.2, 0.25) is 5.91 Å². The SMILES string of the molecule is CC(=O)CC1C(=O)NC2(CN([C@H](C(C)=O)[C@@H](C)O)C2=O)C1C. The maximum Gasteiger partial charge on any atom is 0.251 e. The minimum absolute atomic E-state index is 0.0988. The molecule has 5 atom stereocenters. The van der Waals surface area contributed by atoms with E-state index in [9.17, 15) is 24.3 Å². The number of rotatable bonds is 5. The summed E-state index contributed by atoms with van der Waals surface area (Å²) in [7, 11) is 0. The van der Waals surface area contributed by atoms with Gasteiger partial charge in [-0.1, -0.05) is 6.92 Å². The lowest BCUT2D eigenvalue weighted by molar-refractivity contribution is -0.166. The van der Waals surface area contributed by atoms with E-state index in [-0.39, 0.29) is 42.3 Å². The number of nitrogens with zero attached hydrogens (tertiary/aromatic N) is 1. The van der Waals surface area contributed by atoms with Crippen molar-refractivity contribution in [2.75, 3.05) is 6.54 Å². The normalized spacial score (nSPS) is 33.4. The molecule has 22 heavy (non-hydrogen) atoms. The van der Waals surface area contributed by atoms with E-state index in [1.54, 1.807) is 6.92 Å². The van der Waals surface area contributed by atoms with Crippen molar-refractivity contribution in [2.24, 2.45) is 11.8 Å². The summed E-state index contributed by atoms with van der Waals surface area (Å²) in [6.45, 7) is 6.15. The average Bonchev–Trinajstić information content (AvgIpc) is 2.63. The largest absolute Gasteiger partial charge is 0.391 e. The van der Waals surface area contributed by atoms with Gasteiger partial charge in [0.05, 0.1) is 18.6 Å². The lowest BCUT2D eigenvalue weighted by atomic mass is 9.73. The number of aliphatic hydroxyl groups excluding tert-OH is 1. The Morgan fingerprint density at radius 1 is 1.41 bits per heavy atom. The number of ketones is 2. The topological polar surface area (TPSA) is 104 Å². The van der Waals surface area contributed by atoms with Gasteiger partial charge in [0.25, 0.3) is 5.91 Å². The molecule has 0 aliphatic carbocycles. The first kappa shape index (κ1) is 16.6. The zero-order valence-electron chi connectivity index (χ0n) is 13.3. The number of likely N-dealkylation sites (tertiary alicyclic amines) is 1. The zero-order valence-corrected chi connectivity index (χ0v) is 13.3. The molecule has 0 saturated carbocycles. The van der Waals surface area contributed by atoms with Gasteiger partial charge in [0.1, 0.15) is 17.4 Å². The molecule has 2 amide bonds. The van der Waals surface area contributed by atoms with Gasteiger partial charge in [-0.25, -0.2) is 0 Å². The molecule has 2 aliphatic rings. The molecule has 0 aromatic rings. The number of β-lactam (4-membered cyclic amide) rings is 1. The molecule has 3 unspecified atom stereocenters. The Hall–Kier alpha value is -1.76. The van der Waals surface area contributed by atoms with Crippen molar-refractivity contribution in [1.82, 2.24) is 10.2 Å². The highest BCUT2D eigenvalue weighted by molar-refractivity contribution is 6.03. The quantitative estimate of drug-likeness (QED) is 0.651. The van der Waals surface area contributed by atoms with E-state index >= 15 is 0 Å². The minimum Gasteiger partial charge on any atom is -0.391 e. The van der Waals surface area contributed by atoms with Crippen LogP contribution in [0, 0.1) is 11.8 Å². The van der Waals surface area contributed by atoms with Crippen LogP contribution in [0.3, 0.4) is 0 Å². The summed E-state index contributed by atoms with van der Waals surface area (Å²) in [6, 6.07) is -0.894. The van der Waals surface area contributed by atoms with Gasteiger partial charge < -0.3 is 20.1 Å². The number of Topliss-reactive ketones (excluding diaryl/α,β-unsaturated/α-hetero) is 2. The summed E-state index contributed by atoms with van der Waals surface area (Å²) in [5, 5.41) is 12.4. The molecule has 2 aliphatic heterocycles. The van der Waals surface area contributed by atoms with Gasteiger partial charge in [-0.05, 0) is 20.8 Å². The van der Waals surface area contributed by atoms with E-state index in [0.717, 1.165) is 0 Å². The predicted molar refractivity (Wildman–Crippen MR) is 76.7 cm³/mol. The molecule has 0 aromatic carbocycles. The molecule has 7 heteroatoms. The van der Waals surface area contributed by atoms with Crippen LogP contribution >= 0.6 is 0 Å². The first-order valence-corrected chi connectivity index (χ1v) is 7.43. The highest BCUT2D eigenvalue weighted by Crippen LogP contribution is 2.42. The van der Waals surface area contributed by atoms with E-state index in [1.807, 2.05) is 0 Å². The maximum atomic E-state index is 12.6. The van der Waals surface area contributed by atoms with Crippen molar-refractivity contribution < 1.29 is 24.3 Å². The van der Waals surface area contributed by atoms with Crippen molar-refractivity contribution in [3.05, 3.63) is 0 Å². The Labute approximate surface area is 129 Å². The lowest BCUT2D eigenvalue weighted by Gasteiger charge is -2.52. The summed E-state index contributed by atoms with van der Waals surface area (Å²) in [5.74, 6) is -1.90. The van der Waals surface area contributed by atoms with Gasteiger partial charge in [-0.2, -0.15) is 0 Å². The van der Waals surface area contributed by atoms with Crippen LogP contribution in [0.15, 0.2) is 0 Å². The van der Waals surface area contributed by atoms with Crippen molar-refractivity contribution >= 4 is 23.4 Å². The Morgan fingerprint density at radius 3 is 2.41 bits per heavy atom. The molecule has 1 spiro atoms. The van der Waals surface area contributed by atoms with Gasteiger partial charge in [0, 0.05) is 12.3 Å². The van der Waals surface area contributed by atoms with Crippen LogP contribution in [-0.4, -0.2) is 57.6 Å². The summed E-state index contributed by atoms with van der Waals surface area (Å²) in [6.07, 6.45) is -0.867. The molecule has 2 N–H and O–H groups in total. The van der Waals surface area contributed by atoms with Crippen LogP contribution < -0.4 is 5.32 Å². The third kappa shape index (κ3) is 2.33. The van der Waals surface area contributed by atoms with Crippen molar-refractivity contribution in [1.29, 1.82) is 0 Å². The molecule has 2 rings (SSSR count). The number of carbonyl (C=O) groups excluding carboxylic acids is 4. The first-order chi connectivity index (χ1) is 10.1. The Bertz CT molecular complexity index is 544. The monoisotopic (exact) mass is 310 g/mol. The molecule has 2 saturated heterocycles. The summed E-state index contributed by atoms with van der Waals surface area (Å²) >= 11 is 0. The summed E-state index contributed by atoms with van der Waals surface area (Å²) < 4.78 is 0. The van der Waals surface area contributed by atoms with Crippen LogP contribution in [0.5, 0.6) is 0 Å². The highest BCUT2D eigenvalue weighted by Gasteiger charge is 2.65.